The van der Waals surface area contributed by atoms with Gasteiger partial charge in [0.15, 0.2) is 5.58 Å². The van der Waals surface area contributed by atoms with Gasteiger partial charge in [-0.15, -0.1) is 0 Å². The van der Waals surface area contributed by atoms with Gasteiger partial charge in [0.2, 0.25) is 0 Å². The number of para-hydroxylation sites is 2. The van der Waals surface area contributed by atoms with Crippen LogP contribution in [0.4, 0.5) is 11.4 Å². The molecule has 1 aromatic heterocycles. The zero-order chi connectivity index (χ0) is 29.2. The summed E-state index contributed by atoms with van der Waals surface area (Å²) in [6, 6.07) is 50.8. The van der Waals surface area contributed by atoms with Crippen LogP contribution in [0.2, 0.25) is 0 Å². The molecule has 0 amide bonds. The summed E-state index contributed by atoms with van der Waals surface area (Å²) in [6.45, 7) is 6.66. The second-order valence-corrected chi connectivity index (χ2v) is 10.8. The summed E-state index contributed by atoms with van der Waals surface area (Å²) in [5.41, 5.74) is 11.7. The molecule has 0 atom stereocenters. The number of nitrogens with zero attached hydrogens (tertiary/aromatic N) is 1. The predicted molar refractivity (Wildman–Crippen MR) is 183 cm³/mol. The first kappa shape index (κ1) is 26.3. The highest BCUT2D eigenvalue weighted by Gasteiger charge is 2.19. The van der Waals surface area contributed by atoms with E-state index in [4.69, 9.17) is 4.42 Å². The number of anilines is 2. The zero-order valence-electron chi connectivity index (χ0n) is 24.1. The third kappa shape index (κ3) is 5.16. The molecule has 2 heteroatoms. The fraction of sp³-hybridized carbons (Fsp3) is 0.0244. The molecule has 0 aliphatic carbocycles. The first-order valence-electron chi connectivity index (χ1n) is 14.5. The van der Waals surface area contributed by atoms with Gasteiger partial charge in [0, 0.05) is 22.2 Å². The molecule has 206 valence electrons. The lowest BCUT2D eigenvalue weighted by Crippen LogP contribution is -2.14. The number of furan rings is 1. The van der Waals surface area contributed by atoms with Gasteiger partial charge >= 0.3 is 0 Å². The summed E-state index contributed by atoms with van der Waals surface area (Å²) in [5, 5.41) is 2.19. The molecule has 0 saturated heterocycles. The smallest absolute Gasteiger partial charge is 0.159 e. The Morgan fingerprint density at radius 3 is 2.02 bits per heavy atom. The van der Waals surface area contributed by atoms with Gasteiger partial charge in [-0.2, -0.15) is 0 Å². The predicted octanol–water partition coefficient (Wildman–Crippen LogP) is 11.6. The molecule has 7 aromatic rings. The average molecular weight is 554 g/mol. The monoisotopic (exact) mass is 553 g/mol. The van der Waals surface area contributed by atoms with E-state index in [1.807, 2.05) is 18.2 Å². The van der Waals surface area contributed by atoms with Crippen LogP contribution in [0, 0.1) is 6.92 Å². The van der Waals surface area contributed by atoms with E-state index in [1.54, 1.807) is 0 Å². The Bertz CT molecular complexity index is 2100. The Morgan fingerprint density at radius 1 is 0.605 bits per heavy atom. The number of allylic oxidation sites excluding steroid dienone is 1. The first-order valence-corrected chi connectivity index (χ1v) is 14.5. The van der Waals surface area contributed by atoms with Crippen molar-refractivity contribution in [3.05, 3.63) is 175 Å². The highest BCUT2D eigenvalue weighted by Crippen LogP contribution is 2.40. The molecule has 0 radical (unpaired) electrons. The topological polar surface area (TPSA) is 16.4 Å². The third-order valence-electron chi connectivity index (χ3n) is 7.98. The lowest BCUT2D eigenvalue weighted by Gasteiger charge is -2.26. The molecular weight excluding hydrogens is 522 g/mol. The van der Waals surface area contributed by atoms with E-state index < -0.39 is 0 Å². The standard InChI is InChI=1S/C41H31NO/c1-29-12-6-7-13-31(29)23-22-30(2)42(39-20-11-19-38-37-18-8-9-21-40(37)43-41(38)39)36-26-24-33(25-27-36)35-17-10-16-34(28-35)32-14-4-3-5-15-32/h3-28H,2H2,1H3/b23-22-. The number of hydrogen-bond acceptors (Lipinski definition) is 2. The van der Waals surface area contributed by atoms with Crippen LogP contribution in [0.25, 0.3) is 50.3 Å². The summed E-state index contributed by atoms with van der Waals surface area (Å²) in [6.07, 6.45) is 4.22. The molecule has 0 aliphatic heterocycles. The molecule has 0 bridgehead atoms. The molecule has 0 spiro atoms. The summed E-state index contributed by atoms with van der Waals surface area (Å²) in [7, 11) is 0. The fourth-order valence-electron chi connectivity index (χ4n) is 5.71. The minimum Gasteiger partial charge on any atom is -0.454 e. The molecule has 6 aromatic carbocycles. The van der Waals surface area contributed by atoms with Crippen LogP contribution in [-0.2, 0) is 0 Å². The number of benzene rings is 6. The van der Waals surface area contributed by atoms with E-state index in [1.165, 1.54) is 27.8 Å². The highest BCUT2D eigenvalue weighted by atomic mass is 16.3. The molecular formula is C41H31NO. The number of hydrogen-bond donors (Lipinski definition) is 0. The van der Waals surface area contributed by atoms with Crippen LogP contribution < -0.4 is 4.90 Å². The van der Waals surface area contributed by atoms with Crippen molar-refractivity contribution in [1.82, 2.24) is 0 Å². The Balaban J connectivity index is 1.31. The Morgan fingerprint density at radius 2 is 1.23 bits per heavy atom. The van der Waals surface area contributed by atoms with Crippen LogP contribution in [0.1, 0.15) is 11.1 Å². The largest absolute Gasteiger partial charge is 0.454 e. The Hall–Kier alpha value is -5.60. The van der Waals surface area contributed by atoms with Gasteiger partial charge in [0.25, 0.3) is 0 Å². The summed E-state index contributed by atoms with van der Waals surface area (Å²) >= 11 is 0. The molecule has 0 saturated carbocycles. The van der Waals surface area contributed by atoms with Crippen molar-refractivity contribution in [2.45, 2.75) is 6.92 Å². The van der Waals surface area contributed by atoms with E-state index in [-0.39, 0.29) is 0 Å². The van der Waals surface area contributed by atoms with Crippen LogP contribution in [0.5, 0.6) is 0 Å². The van der Waals surface area contributed by atoms with Gasteiger partial charge in [0.1, 0.15) is 5.58 Å². The van der Waals surface area contributed by atoms with Crippen LogP contribution in [0.15, 0.2) is 168 Å². The molecule has 0 aliphatic rings. The van der Waals surface area contributed by atoms with E-state index in [9.17, 15) is 0 Å². The van der Waals surface area contributed by atoms with Gasteiger partial charge in [-0.05, 0) is 76.7 Å². The Kier molecular flexibility index (Phi) is 6.94. The van der Waals surface area contributed by atoms with Gasteiger partial charge in [-0.1, -0.05) is 128 Å². The SMILES string of the molecule is C=C(/C=C\c1ccccc1C)N(c1ccc(-c2cccc(-c3ccccc3)c2)cc1)c1cccc2c1oc1ccccc12. The van der Waals surface area contributed by atoms with Crippen molar-refractivity contribution in [1.29, 1.82) is 0 Å². The Labute approximate surface area is 252 Å². The second-order valence-electron chi connectivity index (χ2n) is 10.8. The molecule has 1 heterocycles. The van der Waals surface area contributed by atoms with Crippen LogP contribution in [-0.4, -0.2) is 0 Å². The maximum atomic E-state index is 6.46. The van der Waals surface area contributed by atoms with Gasteiger partial charge in [-0.25, -0.2) is 0 Å². The maximum Gasteiger partial charge on any atom is 0.159 e. The van der Waals surface area contributed by atoms with Gasteiger partial charge in [-0.3, -0.25) is 0 Å². The first-order chi connectivity index (χ1) is 21.2. The second kappa shape index (κ2) is 11.3. The molecule has 0 N–H and O–H groups in total. The normalized spacial score (nSPS) is 11.4. The summed E-state index contributed by atoms with van der Waals surface area (Å²) < 4.78 is 6.46. The number of fused-ring (bicyclic) bond motifs is 3. The van der Waals surface area contributed by atoms with Crippen molar-refractivity contribution in [2.24, 2.45) is 0 Å². The van der Waals surface area contributed by atoms with Crippen LogP contribution >= 0.6 is 0 Å². The lowest BCUT2D eigenvalue weighted by atomic mass is 9.99. The fourth-order valence-corrected chi connectivity index (χ4v) is 5.71. The van der Waals surface area contributed by atoms with Crippen LogP contribution in [0.3, 0.4) is 0 Å². The summed E-state index contributed by atoms with van der Waals surface area (Å²) in [4.78, 5) is 2.18. The van der Waals surface area contributed by atoms with Gasteiger partial charge < -0.3 is 9.32 Å². The van der Waals surface area contributed by atoms with Crippen molar-refractivity contribution >= 4 is 39.4 Å². The minimum atomic E-state index is 0.841. The molecule has 2 nitrogen and oxygen atoms in total. The van der Waals surface area contributed by atoms with E-state index in [2.05, 4.69) is 158 Å². The summed E-state index contributed by atoms with van der Waals surface area (Å²) in [5.74, 6) is 0. The number of rotatable bonds is 7. The van der Waals surface area contributed by atoms with E-state index in [0.29, 0.717) is 0 Å². The average Bonchev–Trinajstić information content (AvgIpc) is 3.45. The molecule has 43 heavy (non-hydrogen) atoms. The minimum absolute atomic E-state index is 0.841. The molecule has 7 rings (SSSR count). The van der Waals surface area contributed by atoms with Crippen molar-refractivity contribution in [3.8, 4) is 22.3 Å². The van der Waals surface area contributed by atoms with Gasteiger partial charge in [0.05, 0.1) is 5.69 Å². The quantitative estimate of drug-likeness (QED) is 0.183. The van der Waals surface area contributed by atoms with Crippen molar-refractivity contribution in [3.63, 3.8) is 0 Å². The molecule has 0 unspecified atom stereocenters. The third-order valence-corrected chi connectivity index (χ3v) is 7.98. The number of aryl methyl sites for hydroxylation is 1. The molecule has 0 fully saturated rings. The van der Waals surface area contributed by atoms with Crippen molar-refractivity contribution < 1.29 is 4.42 Å². The van der Waals surface area contributed by atoms with E-state index >= 15 is 0 Å². The maximum absolute atomic E-state index is 6.46. The van der Waals surface area contributed by atoms with E-state index in [0.717, 1.165) is 44.6 Å². The lowest BCUT2D eigenvalue weighted by molar-refractivity contribution is 0.669. The highest BCUT2D eigenvalue weighted by molar-refractivity contribution is 6.09. The zero-order valence-corrected chi connectivity index (χ0v) is 24.1. The van der Waals surface area contributed by atoms with Crippen molar-refractivity contribution in [2.75, 3.05) is 4.90 Å².